The van der Waals surface area contributed by atoms with Crippen molar-refractivity contribution in [2.75, 3.05) is 26.4 Å². The first kappa shape index (κ1) is 25.9. The molecule has 0 atom stereocenters. The van der Waals surface area contributed by atoms with Crippen molar-refractivity contribution in [1.82, 2.24) is 0 Å². The second-order valence-electron chi connectivity index (χ2n) is 7.88. The molecule has 0 aliphatic rings. The minimum absolute atomic E-state index is 0.763. The molecule has 0 rings (SSSR count). The van der Waals surface area contributed by atoms with E-state index < -0.39 is 0 Å². The lowest BCUT2D eigenvalue weighted by atomic mass is 10.0. The van der Waals surface area contributed by atoms with Crippen molar-refractivity contribution >= 4 is 0 Å². The zero-order chi connectivity index (χ0) is 19.0. The van der Waals surface area contributed by atoms with Crippen LogP contribution in [0.2, 0.25) is 0 Å². The van der Waals surface area contributed by atoms with Crippen LogP contribution in [0.15, 0.2) is 0 Å². The van der Waals surface area contributed by atoms with E-state index in [4.69, 9.17) is 9.47 Å². The van der Waals surface area contributed by atoms with Gasteiger partial charge in [0.15, 0.2) is 0 Å². The average molecular weight is 371 g/mol. The minimum atomic E-state index is 0.763. The van der Waals surface area contributed by atoms with E-state index in [1.54, 1.807) is 0 Å². The molecule has 26 heavy (non-hydrogen) atoms. The van der Waals surface area contributed by atoms with Crippen LogP contribution in [-0.4, -0.2) is 26.4 Å². The molecule has 0 unspecified atom stereocenters. The summed E-state index contributed by atoms with van der Waals surface area (Å²) in [6, 6.07) is 0. The molecule has 0 saturated heterocycles. The maximum atomic E-state index is 5.61. The van der Waals surface area contributed by atoms with Crippen LogP contribution in [0, 0.1) is 0 Å². The first-order valence-electron chi connectivity index (χ1n) is 12.1. The smallest absolute Gasteiger partial charge is 0.0700 e. The summed E-state index contributed by atoms with van der Waals surface area (Å²) in [4.78, 5) is 0. The topological polar surface area (TPSA) is 18.5 Å². The Hall–Kier alpha value is -0.0800. The first-order valence-corrected chi connectivity index (χ1v) is 12.1. The van der Waals surface area contributed by atoms with Gasteiger partial charge in [-0.3, -0.25) is 0 Å². The molecule has 0 aromatic rings. The maximum Gasteiger partial charge on any atom is 0.0700 e. The maximum absolute atomic E-state index is 5.61. The predicted octanol–water partition coefficient (Wildman–Crippen LogP) is 8.08. The van der Waals surface area contributed by atoms with Crippen LogP contribution in [0.4, 0.5) is 0 Å². The highest BCUT2D eigenvalue weighted by atomic mass is 16.5. The Kier molecular flexibility index (Phi) is 24.8. The van der Waals surface area contributed by atoms with Gasteiger partial charge in [0.2, 0.25) is 0 Å². The molecule has 0 aromatic carbocycles. The summed E-state index contributed by atoms with van der Waals surface area (Å²) in [5, 5.41) is 0. The number of ether oxygens (including phenoxy) is 2. The van der Waals surface area contributed by atoms with E-state index in [0.29, 0.717) is 0 Å². The molecule has 0 aromatic heterocycles. The van der Waals surface area contributed by atoms with Crippen molar-refractivity contribution in [2.24, 2.45) is 0 Å². The van der Waals surface area contributed by atoms with Gasteiger partial charge in [0.25, 0.3) is 0 Å². The third kappa shape index (κ3) is 23.9. The number of rotatable bonds is 23. The molecule has 0 N–H and O–H groups in total. The van der Waals surface area contributed by atoms with Crippen molar-refractivity contribution in [2.45, 2.75) is 129 Å². The monoisotopic (exact) mass is 370 g/mol. The highest BCUT2D eigenvalue weighted by Gasteiger charge is 1.95. The van der Waals surface area contributed by atoms with Gasteiger partial charge in [0, 0.05) is 13.2 Å². The fourth-order valence-electron chi connectivity index (χ4n) is 3.32. The van der Waals surface area contributed by atoms with Crippen LogP contribution in [-0.2, 0) is 9.47 Å². The Morgan fingerprint density at radius 2 is 0.615 bits per heavy atom. The van der Waals surface area contributed by atoms with Gasteiger partial charge in [-0.05, 0) is 12.8 Å². The molecular formula is C24H50O2. The van der Waals surface area contributed by atoms with Crippen molar-refractivity contribution in [3.05, 3.63) is 0 Å². The van der Waals surface area contributed by atoms with Gasteiger partial charge >= 0.3 is 0 Å². The fraction of sp³-hybridized carbons (Fsp3) is 1.00. The molecule has 0 heterocycles. The molecule has 0 amide bonds. The van der Waals surface area contributed by atoms with E-state index in [1.807, 2.05) is 0 Å². The predicted molar refractivity (Wildman–Crippen MR) is 116 cm³/mol. The summed E-state index contributed by atoms with van der Waals surface area (Å²) in [5.41, 5.74) is 0. The lowest BCUT2D eigenvalue weighted by molar-refractivity contribution is 0.0453. The molecule has 2 nitrogen and oxygen atoms in total. The molecule has 0 saturated carbocycles. The average Bonchev–Trinajstić information content (AvgIpc) is 2.66. The zero-order valence-electron chi connectivity index (χ0n) is 18.4. The van der Waals surface area contributed by atoms with Gasteiger partial charge in [0.1, 0.15) is 0 Å². The van der Waals surface area contributed by atoms with Gasteiger partial charge in [-0.25, -0.2) is 0 Å². The summed E-state index contributed by atoms with van der Waals surface area (Å²) >= 11 is 0. The van der Waals surface area contributed by atoms with Crippen LogP contribution in [0.5, 0.6) is 0 Å². The molecule has 0 bridgehead atoms. The molecule has 2 heteroatoms. The Labute approximate surface area is 165 Å². The van der Waals surface area contributed by atoms with E-state index in [2.05, 4.69) is 13.8 Å². The lowest BCUT2D eigenvalue weighted by Gasteiger charge is -2.06. The van der Waals surface area contributed by atoms with Crippen molar-refractivity contribution in [1.29, 1.82) is 0 Å². The zero-order valence-corrected chi connectivity index (χ0v) is 18.4. The summed E-state index contributed by atoms with van der Waals surface area (Å²) in [6.07, 6.45) is 25.1. The molecule has 0 radical (unpaired) electrons. The third-order valence-electron chi connectivity index (χ3n) is 5.16. The molecule has 158 valence electrons. The van der Waals surface area contributed by atoms with E-state index in [0.717, 1.165) is 26.4 Å². The molecular weight excluding hydrogens is 320 g/mol. The number of unbranched alkanes of at least 4 members (excludes halogenated alkanes) is 16. The van der Waals surface area contributed by atoms with Crippen molar-refractivity contribution in [3.8, 4) is 0 Å². The summed E-state index contributed by atoms with van der Waals surface area (Å²) in [5.74, 6) is 0. The summed E-state index contributed by atoms with van der Waals surface area (Å²) in [7, 11) is 0. The third-order valence-corrected chi connectivity index (χ3v) is 5.16. The van der Waals surface area contributed by atoms with Gasteiger partial charge in [-0.2, -0.15) is 0 Å². The normalized spacial score (nSPS) is 11.3. The Morgan fingerprint density at radius 1 is 0.308 bits per heavy atom. The molecule has 0 fully saturated rings. The number of hydrogen-bond acceptors (Lipinski definition) is 2. The van der Waals surface area contributed by atoms with Crippen molar-refractivity contribution in [3.63, 3.8) is 0 Å². The summed E-state index contributed by atoms with van der Waals surface area (Å²) < 4.78 is 11.1. The SMILES string of the molecule is CCCCCCCCCCCCCCCCCCOCCOCCCC. The molecule has 0 aliphatic heterocycles. The lowest BCUT2D eigenvalue weighted by Crippen LogP contribution is -2.06. The van der Waals surface area contributed by atoms with Gasteiger partial charge < -0.3 is 9.47 Å². The minimum Gasteiger partial charge on any atom is -0.379 e. The van der Waals surface area contributed by atoms with E-state index in [-0.39, 0.29) is 0 Å². The quantitative estimate of drug-likeness (QED) is 0.169. The second-order valence-corrected chi connectivity index (χ2v) is 7.88. The highest BCUT2D eigenvalue weighted by Crippen LogP contribution is 2.13. The van der Waals surface area contributed by atoms with Crippen LogP contribution in [0.25, 0.3) is 0 Å². The van der Waals surface area contributed by atoms with E-state index in [9.17, 15) is 0 Å². The summed E-state index contributed by atoms with van der Waals surface area (Å²) in [6.45, 7) is 7.81. The van der Waals surface area contributed by atoms with Gasteiger partial charge in [0.05, 0.1) is 13.2 Å². The Balaban J connectivity index is 2.95. The highest BCUT2D eigenvalue weighted by molar-refractivity contribution is 4.50. The fourth-order valence-corrected chi connectivity index (χ4v) is 3.32. The second kappa shape index (κ2) is 24.9. The standard InChI is InChI=1S/C24H50O2/c1-3-5-7-8-9-10-11-12-13-14-15-16-17-18-19-20-22-26-24-23-25-21-6-4-2/h3-24H2,1-2H3. The number of hydrogen-bond donors (Lipinski definition) is 0. The first-order chi connectivity index (χ1) is 12.9. The van der Waals surface area contributed by atoms with Gasteiger partial charge in [-0.1, -0.05) is 117 Å². The largest absolute Gasteiger partial charge is 0.379 e. The Bertz CT molecular complexity index is 206. The Morgan fingerprint density at radius 3 is 1.00 bits per heavy atom. The van der Waals surface area contributed by atoms with Crippen molar-refractivity contribution < 1.29 is 9.47 Å². The van der Waals surface area contributed by atoms with Crippen LogP contribution < -0.4 is 0 Å². The molecule has 0 aliphatic carbocycles. The van der Waals surface area contributed by atoms with Gasteiger partial charge in [-0.15, -0.1) is 0 Å². The van der Waals surface area contributed by atoms with Crippen LogP contribution in [0.1, 0.15) is 129 Å². The molecule has 0 spiro atoms. The van der Waals surface area contributed by atoms with E-state index >= 15 is 0 Å². The van der Waals surface area contributed by atoms with E-state index in [1.165, 1.54) is 116 Å². The van der Waals surface area contributed by atoms with Crippen LogP contribution >= 0.6 is 0 Å². The van der Waals surface area contributed by atoms with Crippen LogP contribution in [0.3, 0.4) is 0 Å².